The summed E-state index contributed by atoms with van der Waals surface area (Å²) in [6.07, 6.45) is 10.1. The molecule has 162 valence electrons. The highest BCUT2D eigenvalue weighted by atomic mass is 16.4. The van der Waals surface area contributed by atoms with Gasteiger partial charge in [-0.05, 0) is 25.0 Å². The molecule has 2 unspecified atom stereocenters. The molecule has 2 saturated heterocycles. The van der Waals surface area contributed by atoms with Gasteiger partial charge in [0.1, 0.15) is 24.7 Å². The Labute approximate surface area is 176 Å². The SMILES string of the molecule is C1=C2CNC[NH+]2CCC1.C1=C2CNC[NH+]2CCC1.O=C([O-])c1ccccc1C(=O)[O-]. The number of fused-ring (bicyclic) bond motifs is 2. The molecule has 8 nitrogen and oxygen atoms in total. The molecule has 4 N–H and O–H groups in total. The lowest BCUT2D eigenvalue weighted by atomic mass is 10.1. The number of allylic oxidation sites excluding steroid dienone is 2. The highest BCUT2D eigenvalue weighted by Gasteiger charge is 2.24. The molecule has 0 amide bonds. The van der Waals surface area contributed by atoms with Crippen LogP contribution in [0, 0.1) is 0 Å². The summed E-state index contributed by atoms with van der Waals surface area (Å²) in [6, 6.07) is 5.14. The maximum atomic E-state index is 10.3. The predicted molar refractivity (Wildman–Crippen MR) is 107 cm³/mol. The fourth-order valence-corrected chi connectivity index (χ4v) is 4.13. The fraction of sp³-hybridized carbons (Fsp3) is 0.455. The van der Waals surface area contributed by atoms with Gasteiger partial charge >= 0.3 is 0 Å². The van der Waals surface area contributed by atoms with Crippen LogP contribution in [0.15, 0.2) is 47.8 Å². The molecule has 30 heavy (non-hydrogen) atoms. The molecule has 0 saturated carbocycles. The molecule has 4 aliphatic rings. The van der Waals surface area contributed by atoms with Crippen molar-refractivity contribution in [3.8, 4) is 0 Å². The van der Waals surface area contributed by atoms with E-state index in [1.54, 1.807) is 21.2 Å². The lowest BCUT2D eigenvalue weighted by Crippen LogP contribution is -3.09. The third-order valence-corrected chi connectivity index (χ3v) is 5.73. The zero-order valence-corrected chi connectivity index (χ0v) is 17.2. The Morgan fingerprint density at radius 3 is 1.57 bits per heavy atom. The third-order valence-electron chi connectivity index (χ3n) is 5.73. The Morgan fingerprint density at radius 2 is 1.20 bits per heavy atom. The van der Waals surface area contributed by atoms with Crippen molar-refractivity contribution in [2.75, 3.05) is 39.5 Å². The number of carbonyl (C=O) groups excluding carboxylic acids is 2. The predicted octanol–water partition coefficient (Wildman–Crippen LogP) is -3.37. The van der Waals surface area contributed by atoms with Crippen molar-refractivity contribution in [3.63, 3.8) is 0 Å². The number of carboxylic acids is 2. The van der Waals surface area contributed by atoms with Crippen LogP contribution in [0.25, 0.3) is 0 Å². The average Bonchev–Trinajstić information content (AvgIpc) is 3.44. The summed E-state index contributed by atoms with van der Waals surface area (Å²) >= 11 is 0. The number of carboxylic acid groups (broad SMARTS) is 2. The first-order valence-electron chi connectivity index (χ1n) is 10.6. The van der Waals surface area contributed by atoms with Crippen molar-refractivity contribution in [3.05, 3.63) is 58.9 Å². The molecule has 1 aromatic carbocycles. The van der Waals surface area contributed by atoms with E-state index < -0.39 is 11.9 Å². The first-order chi connectivity index (χ1) is 14.6. The quantitative estimate of drug-likeness (QED) is 0.402. The number of nitrogens with one attached hydrogen (secondary N) is 4. The molecular formula is C22H30N4O4. The van der Waals surface area contributed by atoms with E-state index in [1.165, 1.54) is 50.9 Å². The molecule has 1 aromatic rings. The van der Waals surface area contributed by atoms with Crippen LogP contribution in [0.3, 0.4) is 0 Å². The van der Waals surface area contributed by atoms with Gasteiger partial charge in [-0.25, -0.2) is 0 Å². The molecule has 0 aliphatic carbocycles. The summed E-state index contributed by atoms with van der Waals surface area (Å²) < 4.78 is 0. The minimum absolute atomic E-state index is 0.363. The standard InChI is InChI=1S/C8H6O4.2C7H12N2/c9-7(10)5-3-1-2-4-6(5)8(11)12;2*1-2-4-9-6-8-5-7(9)3-1/h1-4H,(H,9,10)(H,11,12);2*3,8H,1-2,4-6H2. The molecule has 8 heteroatoms. The van der Waals surface area contributed by atoms with Gasteiger partial charge in [0, 0.05) is 24.0 Å². The number of quaternary nitrogens is 2. The van der Waals surface area contributed by atoms with Gasteiger partial charge in [0.15, 0.2) is 0 Å². The van der Waals surface area contributed by atoms with Crippen molar-refractivity contribution < 1.29 is 29.6 Å². The van der Waals surface area contributed by atoms with Crippen molar-refractivity contribution in [2.45, 2.75) is 25.7 Å². The largest absolute Gasteiger partial charge is 0.545 e. The van der Waals surface area contributed by atoms with Gasteiger partial charge in [-0.15, -0.1) is 0 Å². The first kappa shape index (κ1) is 22.2. The van der Waals surface area contributed by atoms with Crippen molar-refractivity contribution in [1.82, 2.24) is 10.6 Å². The van der Waals surface area contributed by atoms with E-state index in [0.29, 0.717) is 0 Å². The van der Waals surface area contributed by atoms with E-state index in [-0.39, 0.29) is 11.1 Å². The number of hydrogen-bond donors (Lipinski definition) is 4. The molecule has 4 heterocycles. The van der Waals surface area contributed by atoms with Gasteiger partial charge in [0.2, 0.25) is 0 Å². The van der Waals surface area contributed by atoms with Crippen LogP contribution in [0.2, 0.25) is 0 Å². The van der Waals surface area contributed by atoms with Crippen LogP contribution in [-0.4, -0.2) is 51.5 Å². The number of hydrogen-bond acceptors (Lipinski definition) is 6. The van der Waals surface area contributed by atoms with Gasteiger partial charge in [0.05, 0.1) is 38.1 Å². The smallest absolute Gasteiger partial charge is 0.135 e. The summed E-state index contributed by atoms with van der Waals surface area (Å²) in [5.74, 6) is -3.04. The molecule has 2 fully saturated rings. The van der Waals surface area contributed by atoms with Gasteiger partial charge in [-0.2, -0.15) is 0 Å². The number of carbonyl (C=O) groups is 2. The molecule has 2 atom stereocenters. The van der Waals surface area contributed by atoms with E-state index in [1.807, 2.05) is 0 Å². The Morgan fingerprint density at radius 1 is 0.767 bits per heavy atom. The molecule has 0 aromatic heterocycles. The summed E-state index contributed by atoms with van der Waals surface area (Å²) in [7, 11) is 0. The third kappa shape index (κ3) is 5.99. The lowest BCUT2D eigenvalue weighted by Gasteiger charge is -2.15. The van der Waals surface area contributed by atoms with E-state index in [0.717, 1.165) is 38.6 Å². The minimum atomic E-state index is -1.52. The second-order valence-electron chi connectivity index (χ2n) is 7.78. The van der Waals surface area contributed by atoms with Crippen LogP contribution in [0.4, 0.5) is 0 Å². The highest BCUT2D eigenvalue weighted by Crippen LogP contribution is 2.05. The Kier molecular flexibility index (Phi) is 8.15. The Bertz CT molecular complexity index is 754. The van der Waals surface area contributed by atoms with E-state index in [2.05, 4.69) is 22.8 Å². The second kappa shape index (κ2) is 11.0. The summed E-state index contributed by atoms with van der Waals surface area (Å²) in [6.45, 7) is 7.28. The van der Waals surface area contributed by atoms with E-state index >= 15 is 0 Å². The maximum absolute atomic E-state index is 10.3. The van der Waals surface area contributed by atoms with Crippen LogP contribution >= 0.6 is 0 Å². The number of rotatable bonds is 2. The van der Waals surface area contributed by atoms with Gasteiger partial charge in [0.25, 0.3) is 0 Å². The summed E-state index contributed by atoms with van der Waals surface area (Å²) in [5.41, 5.74) is 2.47. The molecule has 0 spiro atoms. The van der Waals surface area contributed by atoms with Crippen molar-refractivity contribution in [2.24, 2.45) is 0 Å². The van der Waals surface area contributed by atoms with Crippen LogP contribution in [0.5, 0.6) is 0 Å². The minimum Gasteiger partial charge on any atom is -0.545 e. The van der Waals surface area contributed by atoms with Crippen LogP contribution < -0.4 is 30.6 Å². The molecular weight excluding hydrogens is 384 g/mol. The Balaban J connectivity index is 0.000000130. The van der Waals surface area contributed by atoms with Gasteiger partial charge < -0.3 is 19.8 Å². The van der Waals surface area contributed by atoms with Gasteiger partial charge in [-0.3, -0.25) is 20.4 Å². The Hall–Kier alpha value is -2.52. The topological polar surface area (TPSA) is 113 Å². The highest BCUT2D eigenvalue weighted by molar-refractivity contribution is 5.99. The zero-order valence-electron chi connectivity index (χ0n) is 17.2. The lowest BCUT2D eigenvalue weighted by molar-refractivity contribution is -0.854. The molecule has 5 rings (SSSR count). The number of aromatic carboxylic acids is 2. The normalized spacial score (nSPS) is 24.0. The van der Waals surface area contributed by atoms with E-state index in [4.69, 9.17) is 0 Å². The average molecular weight is 415 g/mol. The molecule has 0 bridgehead atoms. The summed E-state index contributed by atoms with van der Waals surface area (Å²) in [4.78, 5) is 24.0. The van der Waals surface area contributed by atoms with Crippen molar-refractivity contribution in [1.29, 1.82) is 0 Å². The van der Waals surface area contributed by atoms with Crippen molar-refractivity contribution >= 4 is 11.9 Å². The monoisotopic (exact) mass is 414 g/mol. The maximum Gasteiger partial charge on any atom is 0.135 e. The second-order valence-corrected chi connectivity index (χ2v) is 7.78. The van der Waals surface area contributed by atoms with E-state index in [9.17, 15) is 19.8 Å². The van der Waals surface area contributed by atoms with Crippen LogP contribution in [0.1, 0.15) is 46.4 Å². The van der Waals surface area contributed by atoms with Gasteiger partial charge in [-0.1, -0.05) is 24.3 Å². The van der Waals surface area contributed by atoms with Crippen LogP contribution in [-0.2, 0) is 0 Å². The summed E-state index contributed by atoms with van der Waals surface area (Å²) in [5, 5.41) is 27.4. The first-order valence-corrected chi connectivity index (χ1v) is 10.6. The molecule has 0 radical (unpaired) electrons. The zero-order chi connectivity index (χ0) is 21.3. The molecule has 4 aliphatic heterocycles. The fourth-order valence-electron chi connectivity index (χ4n) is 4.13. The number of benzene rings is 1.